The molecule has 13 heteroatoms. The molecule has 2 atom stereocenters. The van der Waals surface area contributed by atoms with Gasteiger partial charge in [0.05, 0.1) is 12.6 Å². The molecule has 2 aliphatic heterocycles. The van der Waals surface area contributed by atoms with E-state index in [2.05, 4.69) is 10.3 Å². The first kappa shape index (κ1) is 25.4. The molecular weight excluding hydrogens is 548 g/mol. The smallest absolute Gasteiger partial charge is 0.399 e. The standard InChI is InChI=1S/C25H26N4O6S3/c30-17-15-29(38(33,34)20-6-2-5-11-26-20)16-7-12-28(22(16)17)23(31)25(9-3-1-4-10-25)27-24(32)35-21-14-19-18(37-21)8-13-36-19/h2,5-6,8,11,13-14,16,22H,1,3-4,7,9-10,12,15H2,(H,27,32). The zero-order valence-corrected chi connectivity index (χ0v) is 22.8. The van der Waals surface area contributed by atoms with E-state index in [0.29, 0.717) is 24.3 Å². The zero-order valence-electron chi connectivity index (χ0n) is 20.4. The van der Waals surface area contributed by atoms with Crippen molar-refractivity contribution >= 4 is 59.9 Å². The molecule has 0 spiro atoms. The Hall–Kier alpha value is -2.87. The predicted octanol–water partition coefficient (Wildman–Crippen LogP) is 3.39. The molecule has 3 aromatic rings. The number of nitrogens with zero attached hydrogens (tertiary/aromatic N) is 3. The Bertz CT molecular complexity index is 1470. The average molecular weight is 575 g/mol. The largest absolute Gasteiger partial charge is 0.414 e. The van der Waals surface area contributed by atoms with Crippen molar-refractivity contribution in [2.75, 3.05) is 13.1 Å². The van der Waals surface area contributed by atoms with Crippen molar-refractivity contribution in [3.05, 3.63) is 41.9 Å². The first-order valence-electron chi connectivity index (χ1n) is 12.5. The van der Waals surface area contributed by atoms with Gasteiger partial charge in [-0.1, -0.05) is 36.7 Å². The first-order chi connectivity index (χ1) is 18.3. The summed E-state index contributed by atoms with van der Waals surface area (Å²) in [6, 6.07) is 6.81. The molecule has 0 radical (unpaired) electrons. The Labute approximate surface area is 227 Å². The van der Waals surface area contributed by atoms with Gasteiger partial charge in [0.15, 0.2) is 15.9 Å². The lowest BCUT2D eigenvalue weighted by Crippen LogP contribution is -2.62. The number of hydrogen-bond acceptors (Lipinski definition) is 9. The minimum Gasteiger partial charge on any atom is -0.399 e. The van der Waals surface area contributed by atoms with Crippen molar-refractivity contribution in [1.29, 1.82) is 0 Å². The highest BCUT2D eigenvalue weighted by molar-refractivity contribution is 7.89. The van der Waals surface area contributed by atoms with Crippen molar-refractivity contribution in [2.24, 2.45) is 0 Å². The monoisotopic (exact) mass is 574 g/mol. The van der Waals surface area contributed by atoms with Crippen molar-refractivity contribution in [2.45, 2.75) is 61.2 Å². The molecule has 0 bridgehead atoms. The molecule has 10 nitrogen and oxygen atoms in total. The number of thiophene rings is 2. The van der Waals surface area contributed by atoms with Gasteiger partial charge in [0, 0.05) is 28.2 Å². The molecule has 1 saturated carbocycles. The number of carbonyl (C=O) groups is 3. The summed E-state index contributed by atoms with van der Waals surface area (Å²) < 4.78 is 35.3. The fourth-order valence-electron chi connectivity index (χ4n) is 5.87. The van der Waals surface area contributed by atoms with Crippen molar-refractivity contribution in [3.63, 3.8) is 0 Å². The van der Waals surface area contributed by atoms with Crippen LogP contribution in [-0.4, -0.2) is 71.1 Å². The van der Waals surface area contributed by atoms with E-state index in [1.807, 2.05) is 11.4 Å². The summed E-state index contributed by atoms with van der Waals surface area (Å²) in [5.74, 6) is -0.674. The summed E-state index contributed by atoms with van der Waals surface area (Å²) in [5, 5.41) is 5.15. The molecule has 200 valence electrons. The van der Waals surface area contributed by atoms with Crippen molar-refractivity contribution < 1.29 is 27.5 Å². The van der Waals surface area contributed by atoms with Crippen LogP contribution in [0.2, 0.25) is 0 Å². The number of nitrogens with one attached hydrogen (secondary N) is 1. The second-order valence-corrected chi connectivity index (χ2v) is 13.7. The number of carbonyl (C=O) groups excluding carboxylic acids is 3. The number of pyridine rings is 1. The van der Waals surface area contributed by atoms with E-state index in [4.69, 9.17) is 4.74 Å². The van der Waals surface area contributed by atoms with E-state index in [1.54, 1.807) is 29.5 Å². The van der Waals surface area contributed by atoms with Crippen LogP contribution in [0, 0.1) is 0 Å². The van der Waals surface area contributed by atoms with E-state index >= 15 is 0 Å². The van der Waals surface area contributed by atoms with Gasteiger partial charge in [0.2, 0.25) is 5.91 Å². The van der Waals surface area contributed by atoms with Gasteiger partial charge in [0.1, 0.15) is 11.6 Å². The van der Waals surface area contributed by atoms with Gasteiger partial charge in [-0.25, -0.2) is 18.2 Å². The summed E-state index contributed by atoms with van der Waals surface area (Å²) in [7, 11) is -4.00. The van der Waals surface area contributed by atoms with E-state index in [1.165, 1.54) is 32.8 Å². The van der Waals surface area contributed by atoms with Crippen molar-refractivity contribution in [1.82, 2.24) is 19.5 Å². The minimum absolute atomic E-state index is 0.125. The topological polar surface area (TPSA) is 126 Å². The van der Waals surface area contributed by atoms with Gasteiger partial charge >= 0.3 is 6.09 Å². The minimum atomic E-state index is -4.00. The number of amides is 2. The van der Waals surface area contributed by atoms with E-state index < -0.39 is 33.7 Å². The van der Waals surface area contributed by atoms with Gasteiger partial charge in [0.25, 0.3) is 10.0 Å². The van der Waals surface area contributed by atoms with Gasteiger partial charge in [-0.15, -0.1) is 11.3 Å². The lowest BCUT2D eigenvalue weighted by atomic mass is 9.80. The zero-order chi connectivity index (χ0) is 26.5. The van der Waals surface area contributed by atoms with Crippen LogP contribution >= 0.6 is 22.7 Å². The summed E-state index contributed by atoms with van der Waals surface area (Å²) in [5.41, 5.74) is -1.20. The summed E-state index contributed by atoms with van der Waals surface area (Å²) >= 11 is 2.92. The lowest BCUT2D eigenvalue weighted by molar-refractivity contribution is -0.143. The fourth-order valence-corrected chi connectivity index (χ4v) is 9.38. The molecular formula is C25H26N4O6S3. The quantitative estimate of drug-likeness (QED) is 0.495. The highest BCUT2D eigenvalue weighted by Crippen LogP contribution is 2.39. The Morgan fingerprint density at radius 2 is 1.95 bits per heavy atom. The molecule has 3 aliphatic rings. The van der Waals surface area contributed by atoms with Crippen LogP contribution in [0.15, 0.2) is 46.9 Å². The number of sulfonamides is 1. The van der Waals surface area contributed by atoms with Crippen LogP contribution in [-0.2, 0) is 19.6 Å². The molecule has 6 rings (SSSR count). The van der Waals surface area contributed by atoms with Gasteiger partial charge in [-0.05, 0) is 42.8 Å². The Kier molecular flexibility index (Phi) is 6.49. The number of likely N-dealkylation sites (tertiary alicyclic amines) is 1. The lowest BCUT2D eigenvalue weighted by Gasteiger charge is -2.40. The maximum Gasteiger partial charge on any atom is 0.414 e. The summed E-state index contributed by atoms with van der Waals surface area (Å²) in [6.45, 7) is -0.0795. The number of Topliss-reactive ketones (excluding diaryl/α,β-unsaturated/α-hetero) is 1. The second kappa shape index (κ2) is 9.70. The van der Waals surface area contributed by atoms with E-state index in [-0.39, 0.29) is 29.8 Å². The van der Waals surface area contributed by atoms with Crippen LogP contribution in [0.1, 0.15) is 38.5 Å². The number of hydrogen-bond donors (Lipinski definition) is 1. The Balaban J connectivity index is 1.22. The number of ketones is 1. The van der Waals surface area contributed by atoms with Crippen LogP contribution in [0.5, 0.6) is 5.06 Å². The van der Waals surface area contributed by atoms with E-state index in [0.717, 1.165) is 28.7 Å². The molecule has 1 aliphatic carbocycles. The van der Waals surface area contributed by atoms with Gasteiger partial charge in [-0.2, -0.15) is 4.31 Å². The number of ether oxygens (including phenoxy) is 1. The van der Waals surface area contributed by atoms with Crippen LogP contribution < -0.4 is 10.1 Å². The third kappa shape index (κ3) is 4.31. The second-order valence-electron chi connectivity index (χ2n) is 9.86. The van der Waals surface area contributed by atoms with Crippen LogP contribution in [0.3, 0.4) is 0 Å². The fraction of sp³-hybridized carbons (Fsp3) is 0.440. The van der Waals surface area contributed by atoms with Gasteiger partial charge < -0.3 is 15.0 Å². The Morgan fingerprint density at radius 3 is 2.68 bits per heavy atom. The maximum absolute atomic E-state index is 14.1. The summed E-state index contributed by atoms with van der Waals surface area (Å²) in [4.78, 5) is 45.6. The molecule has 0 aromatic carbocycles. The normalized spacial score (nSPS) is 23.5. The molecule has 5 heterocycles. The Morgan fingerprint density at radius 1 is 1.13 bits per heavy atom. The van der Waals surface area contributed by atoms with Crippen molar-refractivity contribution in [3.8, 4) is 5.06 Å². The highest BCUT2D eigenvalue weighted by atomic mass is 32.2. The van der Waals surface area contributed by atoms with Crippen LogP contribution in [0.25, 0.3) is 9.40 Å². The number of rotatable bonds is 5. The highest BCUT2D eigenvalue weighted by Gasteiger charge is 2.57. The average Bonchev–Trinajstić information content (AvgIpc) is 3.67. The maximum atomic E-state index is 14.1. The third-order valence-corrected chi connectivity index (χ3v) is 11.4. The molecule has 3 fully saturated rings. The molecule has 2 saturated heterocycles. The molecule has 38 heavy (non-hydrogen) atoms. The number of fused-ring (bicyclic) bond motifs is 2. The molecule has 2 amide bonds. The predicted molar refractivity (Wildman–Crippen MR) is 142 cm³/mol. The summed E-state index contributed by atoms with van der Waals surface area (Å²) in [6.07, 6.45) is 4.31. The molecule has 2 unspecified atom stereocenters. The van der Waals surface area contributed by atoms with E-state index in [9.17, 15) is 22.8 Å². The van der Waals surface area contributed by atoms with Gasteiger partial charge in [-0.3, -0.25) is 9.59 Å². The third-order valence-electron chi connectivity index (χ3n) is 7.62. The SMILES string of the molecule is O=C(NC1(C(=O)N2CCC3C2C(=O)CN3S(=O)(=O)c2ccccn2)CCCCC1)Oc1cc2sccc2s1. The van der Waals surface area contributed by atoms with Crippen LogP contribution in [0.4, 0.5) is 4.79 Å². The number of aromatic nitrogens is 1. The molecule has 3 aromatic heterocycles. The molecule has 1 N–H and O–H groups in total. The first-order valence-corrected chi connectivity index (χ1v) is 15.7.